The summed E-state index contributed by atoms with van der Waals surface area (Å²) in [5, 5.41) is 11.1. The van der Waals surface area contributed by atoms with Crippen molar-refractivity contribution in [1.82, 2.24) is 14.6 Å². The molecule has 8 heteroatoms. The molecule has 0 aliphatic heterocycles. The average Bonchev–Trinajstić information content (AvgIpc) is 3.30. The van der Waals surface area contributed by atoms with E-state index in [0.717, 1.165) is 18.5 Å². The first kappa shape index (κ1) is 14.3. The van der Waals surface area contributed by atoms with Crippen LogP contribution in [0.1, 0.15) is 23.2 Å². The minimum Gasteiger partial charge on any atom is -0.382 e. The van der Waals surface area contributed by atoms with E-state index in [-0.39, 0.29) is 0 Å². The number of imidazole rings is 1. The molecule has 0 atom stereocenters. The molecule has 4 rings (SSSR count). The van der Waals surface area contributed by atoms with E-state index in [1.165, 1.54) is 0 Å². The number of carbonyl (C=O) groups is 1. The van der Waals surface area contributed by atoms with Crippen molar-refractivity contribution in [3.05, 3.63) is 42.1 Å². The Balaban J connectivity index is 1.71. The van der Waals surface area contributed by atoms with Crippen molar-refractivity contribution < 1.29 is 4.79 Å². The molecule has 3 aromatic rings. The number of primary amides is 1. The lowest BCUT2D eigenvalue weighted by atomic mass is 10.2. The molecular weight excluding hydrogens is 306 g/mol. The first-order chi connectivity index (χ1) is 11.6. The number of aromatic nitrogens is 3. The maximum atomic E-state index is 11.3. The molecule has 0 bridgehead atoms. The van der Waals surface area contributed by atoms with Gasteiger partial charge in [-0.25, -0.2) is 4.98 Å². The van der Waals surface area contributed by atoms with E-state index in [1.54, 1.807) is 28.9 Å². The molecule has 1 fully saturated rings. The molecule has 0 radical (unpaired) electrons. The molecule has 0 spiro atoms. The van der Waals surface area contributed by atoms with Crippen LogP contribution in [0.15, 0.2) is 36.5 Å². The molecular formula is C16H17N7O. The molecule has 8 nitrogen and oxygen atoms in total. The molecule has 1 aliphatic rings. The zero-order valence-corrected chi connectivity index (χ0v) is 12.9. The quantitative estimate of drug-likeness (QED) is 0.567. The standard InChI is InChI=1S/C16H17N7O/c17-13-8-19-16-12(20-10-4-5-10)7-14(22-23(13)16)21-11-3-1-2-9(6-11)15(18)24/h1-3,6-8,10,20H,4-5,17H2,(H2,18,24)(H,21,22). The van der Waals surface area contributed by atoms with Crippen molar-refractivity contribution in [1.29, 1.82) is 0 Å². The average molecular weight is 323 g/mol. The lowest BCUT2D eigenvalue weighted by Crippen LogP contribution is -2.11. The minimum atomic E-state index is -0.475. The van der Waals surface area contributed by atoms with Gasteiger partial charge in [-0.2, -0.15) is 4.52 Å². The summed E-state index contributed by atoms with van der Waals surface area (Å²) in [5.74, 6) is 0.576. The number of hydrogen-bond acceptors (Lipinski definition) is 6. The lowest BCUT2D eigenvalue weighted by molar-refractivity contribution is 0.100. The van der Waals surface area contributed by atoms with Gasteiger partial charge in [0.25, 0.3) is 0 Å². The van der Waals surface area contributed by atoms with E-state index >= 15 is 0 Å². The molecule has 1 aromatic carbocycles. The predicted octanol–water partition coefficient (Wildman–Crippen LogP) is 1.73. The van der Waals surface area contributed by atoms with E-state index in [9.17, 15) is 4.79 Å². The van der Waals surface area contributed by atoms with Crippen LogP contribution in [0, 0.1) is 0 Å². The van der Waals surface area contributed by atoms with Gasteiger partial charge in [-0.05, 0) is 31.0 Å². The Labute approximate surface area is 137 Å². The number of benzene rings is 1. The molecule has 1 amide bonds. The summed E-state index contributed by atoms with van der Waals surface area (Å²) in [5.41, 5.74) is 14.0. The topological polar surface area (TPSA) is 123 Å². The van der Waals surface area contributed by atoms with Gasteiger partial charge in [0.05, 0.1) is 11.9 Å². The third kappa shape index (κ3) is 2.69. The van der Waals surface area contributed by atoms with Crippen LogP contribution in [0.25, 0.3) is 5.65 Å². The van der Waals surface area contributed by atoms with Gasteiger partial charge in [0.1, 0.15) is 5.82 Å². The number of fused-ring (bicyclic) bond motifs is 1. The normalized spacial score (nSPS) is 13.8. The van der Waals surface area contributed by atoms with E-state index in [2.05, 4.69) is 20.7 Å². The van der Waals surface area contributed by atoms with Crippen LogP contribution >= 0.6 is 0 Å². The van der Waals surface area contributed by atoms with Crippen LogP contribution < -0.4 is 22.1 Å². The van der Waals surface area contributed by atoms with Gasteiger partial charge in [-0.15, -0.1) is 5.10 Å². The Kier molecular flexibility index (Phi) is 3.23. The molecule has 2 heterocycles. The largest absolute Gasteiger partial charge is 0.382 e. The Bertz CT molecular complexity index is 929. The third-order valence-corrected chi connectivity index (χ3v) is 3.85. The van der Waals surface area contributed by atoms with Crippen LogP contribution in [0.4, 0.5) is 23.0 Å². The number of carbonyl (C=O) groups excluding carboxylic acids is 1. The SMILES string of the molecule is NC(=O)c1cccc(Nc2cc(NC3CC3)c3ncc(N)n3n2)c1. The molecule has 2 aromatic heterocycles. The highest BCUT2D eigenvalue weighted by molar-refractivity contribution is 5.93. The number of nitrogens with one attached hydrogen (secondary N) is 2. The Morgan fingerprint density at radius 2 is 2.12 bits per heavy atom. The number of rotatable bonds is 5. The fraction of sp³-hybridized carbons (Fsp3) is 0.188. The smallest absolute Gasteiger partial charge is 0.248 e. The summed E-state index contributed by atoms with van der Waals surface area (Å²) in [6, 6.07) is 9.30. The van der Waals surface area contributed by atoms with Gasteiger partial charge in [-0.3, -0.25) is 4.79 Å². The molecule has 1 saturated carbocycles. The van der Waals surface area contributed by atoms with Gasteiger partial charge in [0, 0.05) is 23.4 Å². The van der Waals surface area contributed by atoms with Gasteiger partial charge < -0.3 is 22.1 Å². The second kappa shape index (κ2) is 5.41. The highest BCUT2D eigenvalue weighted by atomic mass is 16.1. The summed E-state index contributed by atoms with van der Waals surface area (Å²) in [7, 11) is 0. The highest BCUT2D eigenvalue weighted by Crippen LogP contribution is 2.29. The van der Waals surface area contributed by atoms with Crippen LogP contribution in [0.3, 0.4) is 0 Å². The number of hydrogen-bond donors (Lipinski definition) is 4. The second-order valence-electron chi connectivity index (χ2n) is 5.85. The predicted molar refractivity (Wildman–Crippen MR) is 92.3 cm³/mol. The summed E-state index contributed by atoms with van der Waals surface area (Å²) in [6.07, 6.45) is 3.88. The molecule has 0 saturated heterocycles. The van der Waals surface area contributed by atoms with Crippen molar-refractivity contribution in [2.45, 2.75) is 18.9 Å². The van der Waals surface area contributed by atoms with E-state index in [1.807, 2.05) is 12.1 Å². The van der Waals surface area contributed by atoms with E-state index in [4.69, 9.17) is 11.5 Å². The molecule has 1 aliphatic carbocycles. The summed E-state index contributed by atoms with van der Waals surface area (Å²) in [4.78, 5) is 15.6. The molecule has 6 N–H and O–H groups in total. The number of nitrogens with two attached hydrogens (primary N) is 2. The minimum absolute atomic E-state index is 0.430. The summed E-state index contributed by atoms with van der Waals surface area (Å²) >= 11 is 0. The zero-order valence-electron chi connectivity index (χ0n) is 12.9. The van der Waals surface area contributed by atoms with E-state index < -0.39 is 5.91 Å². The first-order valence-electron chi connectivity index (χ1n) is 7.68. The fourth-order valence-corrected chi connectivity index (χ4v) is 2.50. The first-order valence-corrected chi connectivity index (χ1v) is 7.68. The number of amides is 1. The van der Waals surface area contributed by atoms with Gasteiger partial charge >= 0.3 is 0 Å². The van der Waals surface area contributed by atoms with Crippen LogP contribution in [-0.2, 0) is 0 Å². The number of nitrogens with zero attached hydrogens (tertiary/aromatic N) is 3. The molecule has 0 unspecified atom stereocenters. The Morgan fingerprint density at radius 1 is 1.29 bits per heavy atom. The lowest BCUT2D eigenvalue weighted by Gasteiger charge is -2.11. The van der Waals surface area contributed by atoms with Crippen LogP contribution in [0.2, 0.25) is 0 Å². The number of anilines is 4. The summed E-state index contributed by atoms with van der Waals surface area (Å²) in [6.45, 7) is 0. The van der Waals surface area contributed by atoms with Gasteiger partial charge in [-0.1, -0.05) is 6.07 Å². The van der Waals surface area contributed by atoms with Gasteiger partial charge in [0.15, 0.2) is 11.5 Å². The second-order valence-corrected chi connectivity index (χ2v) is 5.85. The maximum absolute atomic E-state index is 11.3. The van der Waals surface area contributed by atoms with Crippen LogP contribution in [0.5, 0.6) is 0 Å². The maximum Gasteiger partial charge on any atom is 0.248 e. The number of nitrogen functional groups attached to an aromatic ring is 1. The van der Waals surface area contributed by atoms with Crippen molar-refractivity contribution >= 4 is 34.6 Å². The zero-order chi connectivity index (χ0) is 16.7. The monoisotopic (exact) mass is 323 g/mol. The summed E-state index contributed by atoms with van der Waals surface area (Å²) < 4.78 is 1.59. The van der Waals surface area contributed by atoms with Crippen molar-refractivity contribution in [2.75, 3.05) is 16.4 Å². The Morgan fingerprint density at radius 3 is 2.88 bits per heavy atom. The highest BCUT2D eigenvalue weighted by Gasteiger charge is 2.23. The van der Waals surface area contributed by atoms with Gasteiger partial charge in [0.2, 0.25) is 5.91 Å². The molecule has 122 valence electrons. The van der Waals surface area contributed by atoms with Crippen molar-refractivity contribution in [2.24, 2.45) is 5.73 Å². The fourth-order valence-electron chi connectivity index (χ4n) is 2.50. The van der Waals surface area contributed by atoms with E-state index in [0.29, 0.717) is 34.6 Å². The van der Waals surface area contributed by atoms with Crippen molar-refractivity contribution in [3.63, 3.8) is 0 Å². The van der Waals surface area contributed by atoms with Crippen molar-refractivity contribution in [3.8, 4) is 0 Å². The van der Waals surface area contributed by atoms with Crippen LogP contribution in [-0.4, -0.2) is 26.5 Å². The Hall–Kier alpha value is -3.29. The molecule has 24 heavy (non-hydrogen) atoms. The third-order valence-electron chi connectivity index (χ3n) is 3.85.